The minimum Gasteiger partial charge on any atom is -0.457 e. The lowest BCUT2D eigenvalue weighted by Crippen LogP contribution is -2.26. The summed E-state index contributed by atoms with van der Waals surface area (Å²) < 4.78 is 10.3. The number of amides is 1. The van der Waals surface area contributed by atoms with E-state index in [2.05, 4.69) is 10.1 Å². The van der Waals surface area contributed by atoms with Gasteiger partial charge in [-0.1, -0.05) is 30.3 Å². The van der Waals surface area contributed by atoms with Crippen molar-refractivity contribution in [3.63, 3.8) is 0 Å². The summed E-state index contributed by atoms with van der Waals surface area (Å²) in [7, 11) is 1.35. The van der Waals surface area contributed by atoms with Gasteiger partial charge in [0.25, 0.3) is 0 Å². The Labute approximate surface area is 118 Å². The molecular weight excluding hydrogens is 254 g/mol. The van der Waals surface area contributed by atoms with Crippen LogP contribution in [0.5, 0.6) is 11.5 Å². The van der Waals surface area contributed by atoms with Crippen LogP contribution in [0, 0.1) is 0 Å². The molecule has 0 aliphatic heterocycles. The monoisotopic (exact) mass is 271 g/mol. The second-order valence-corrected chi connectivity index (χ2v) is 4.34. The van der Waals surface area contributed by atoms with Gasteiger partial charge in [-0.25, -0.2) is 4.79 Å². The Morgan fingerprint density at radius 2 is 1.60 bits per heavy atom. The summed E-state index contributed by atoms with van der Waals surface area (Å²) in [4.78, 5) is 11.1. The van der Waals surface area contributed by atoms with Crippen molar-refractivity contribution in [1.29, 1.82) is 0 Å². The molecule has 0 heterocycles. The van der Waals surface area contributed by atoms with E-state index in [-0.39, 0.29) is 6.04 Å². The molecule has 0 saturated heterocycles. The van der Waals surface area contributed by atoms with E-state index in [1.165, 1.54) is 7.11 Å². The van der Waals surface area contributed by atoms with Crippen molar-refractivity contribution in [2.45, 2.75) is 13.0 Å². The van der Waals surface area contributed by atoms with Gasteiger partial charge < -0.3 is 14.8 Å². The summed E-state index contributed by atoms with van der Waals surface area (Å²) in [6, 6.07) is 17.0. The molecule has 0 aromatic heterocycles. The van der Waals surface area contributed by atoms with Crippen LogP contribution in [0.2, 0.25) is 0 Å². The van der Waals surface area contributed by atoms with Crippen molar-refractivity contribution >= 4 is 6.09 Å². The molecule has 0 fully saturated rings. The maximum Gasteiger partial charge on any atom is 0.407 e. The van der Waals surface area contributed by atoms with Gasteiger partial charge in [0.05, 0.1) is 13.2 Å². The average molecular weight is 271 g/mol. The second-order valence-electron chi connectivity index (χ2n) is 4.34. The molecule has 0 aliphatic rings. The highest BCUT2D eigenvalue weighted by molar-refractivity contribution is 5.67. The van der Waals surface area contributed by atoms with Crippen LogP contribution in [0.3, 0.4) is 0 Å². The Morgan fingerprint density at radius 1 is 1.00 bits per heavy atom. The third-order valence-corrected chi connectivity index (χ3v) is 2.88. The Morgan fingerprint density at radius 3 is 2.20 bits per heavy atom. The van der Waals surface area contributed by atoms with E-state index in [0.717, 1.165) is 17.1 Å². The third-order valence-electron chi connectivity index (χ3n) is 2.88. The number of methoxy groups -OCH3 is 1. The zero-order valence-corrected chi connectivity index (χ0v) is 11.5. The van der Waals surface area contributed by atoms with E-state index in [1.807, 2.05) is 61.5 Å². The number of para-hydroxylation sites is 1. The predicted molar refractivity (Wildman–Crippen MR) is 76.9 cm³/mol. The van der Waals surface area contributed by atoms with Crippen molar-refractivity contribution in [2.75, 3.05) is 7.11 Å². The Hall–Kier alpha value is -2.49. The number of rotatable bonds is 4. The van der Waals surface area contributed by atoms with Gasteiger partial charge in [-0.15, -0.1) is 0 Å². The van der Waals surface area contributed by atoms with Gasteiger partial charge in [0.1, 0.15) is 11.5 Å². The zero-order valence-electron chi connectivity index (χ0n) is 11.5. The van der Waals surface area contributed by atoms with Crippen molar-refractivity contribution in [2.24, 2.45) is 0 Å². The van der Waals surface area contributed by atoms with Crippen molar-refractivity contribution in [3.8, 4) is 11.5 Å². The van der Waals surface area contributed by atoms with E-state index in [4.69, 9.17) is 4.74 Å². The van der Waals surface area contributed by atoms with Crippen LogP contribution < -0.4 is 10.1 Å². The lowest BCUT2D eigenvalue weighted by molar-refractivity contribution is 0.167. The fraction of sp³-hybridized carbons (Fsp3) is 0.188. The van der Waals surface area contributed by atoms with Gasteiger partial charge >= 0.3 is 6.09 Å². The van der Waals surface area contributed by atoms with Crippen LogP contribution in [-0.4, -0.2) is 13.2 Å². The summed E-state index contributed by atoms with van der Waals surface area (Å²) in [5.74, 6) is 1.55. The molecular formula is C16H17NO3. The van der Waals surface area contributed by atoms with Crippen LogP contribution in [0.1, 0.15) is 18.5 Å². The molecule has 0 spiro atoms. The number of ether oxygens (including phenoxy) is 2. The van der Waals surface area contributed by atoms with Gasteiger partial charge in [0, 0.05) is 0 Å². The summed E-state index contributed by atoms with van der Waals surface area (Å²) in [6.07, 6.45) is -0.442. The van der Waals surface area contributed by atoms with Crippen LogP contribution in [0.15, 0.2) is 54.6 Å². The molecule has 1 unspecified atom stereocenters. The summed E-state index contributed by atoms with van der Waals surface area (Å²) in [5.41, 5.74) is 0.982. The molecule has 1 atom stereocenters. The molecule has 1 amide bonds. The third kappa shape index (κ3) is 3.75. The van der Waals surface area contributed by atoms with Crippen molar-refractivity contribution in [1.82, 2.24) is 5.32 Å². The molecule has 104 valence electrons. The van der Waals surface area contributed by atoms with E-state index < -0.39 is 6.09 Å². The highest BCUT2D eigenvalue weighted by Gasteiger charge is 2.09. The minimum absolute atomic E-state index is 0.117. The lowest BCUT2D eigenvalue weighted by Gasteiger charge is -2.14. The van der Waals surface area contributed by atoms with Crippen LogP contribution in [0.4, 0.5) is 4.79 Å². The molecule has 0 radical (unpaired) electrons. The minimum atomic E-state index is -0.442. The summed E-state index contributed by atoms with van der Waals surface area (Å²) in [5, 5.41) is 2.71. The van der Waals surface area contributed by atoms with E-state index >= 15 is 0 Å². The molecule has 4 heteroatoms. The van der Waals surface area contributed by atoms with E-state index in [0.29, 0.717) is 0 Å². The zero-order chi connectivity index (χ0) is 14.4. The average Bonchev–Trinajstić information content (AvgIpc) is 2.49. The first kappa shape index (κ1) is 13.9. The lowest BCUT2D eigenvalue weighted by atomic mass is 10.1. The summed E-state index contributed by atoms with van der Waals surface area (Å²) >= 11 is 0. The number of hydrogen-bond donors (Lipinski definition) is 1. The smallest absolute Gasteiger partial charge is 0.407 e. The fourth-order valence-electron chi connectivity index (χ4n) is 1.77. The number of carbonyl (C=O) groups excluding carboxylic acids is 1. The van der Waals surface area contributed by atoms with E-state index in [1.54, 1.807) is 0 Å². The van der Waals surface area contributed by atoms with Gasteiger partial charge in [-0.3, -0.25) is 0 Å². The molecule has 1 N–H and O–H groups in total. The van der Waals surface area contributed by atoms with Crippen molar-refractivity contribution < 1.29 is 14.3 Å². The van der Waals surface area contributed by atoms with Crippen LogP contribution >= 0.6 is 0 Å². The molecule has 0 aliphatic carbocycles. The molecule has 20 heavy (non-hydrogen) atoms. The Bertz CT molecular complexity index is 552. The fourth-order valence-corrected chi connectivity index (χ4v) is 1.77. The number of alkyl carbamates (subject to hydrolysis) is 1. The SMILES string of the molecule is COC(=O)NC(C)c1ccc(Oc2ccccc2)cc1. The molecule has 4 nitrogen and oxygen atoms in total. The number of benzene rings is 2. The van der Waals surface area contributed by atoms with Crippen molar-refractivity contribution in [3.05, 3.63) is 60.2 Å². The first-order valence-electron chi connectivity index (χ1n) is 6.36. The molecule has 2 rings (SSSR count). The van der Waals surface area contributed by atoms with Gasteiger partial charge in [0.15, 0.2) is 0 Å². The van der Waals surface area contributed by atoms with Gasteiger partial charge in [-0.2, -0.15) is 0 Å². The summed E-state index contributed by atoms with van der Waals surface area (Å²) in [6.45, 7) is 1.89. The normalized spacial score (nSPS) is 11.5. The standard InChI is InChI=1S/C16H17NO3/c1-12(17-16(18)19-2)13-8-10-15(11-9-13)20-14-6-4-3-5-7-14/h3-12H,1-2H3,(H,17,18). The molecule has 0 bridgehead atoms. The first-order chi connectivity index (χ1) is 9.69. The highest BCUT2D eigenvalue weighted by Crippen LogP contribution is 2.23. The topological polar surface area (TPSA) is 47.6 Å². The predicted octanol–water partition coefficient (Wildman–Crippen LogP) is 3.90. The Kier molecular flexibility index (Phi) is 4.60. The number of carbonyl (C=O) groups is 1. The number of nitrogens with one attached hydrogen (secondary N) is 1. The molecule has 2 aromatic carbocycles. The van der Waals surface area contributed by atoms with Crippen LogP contribution in [0.25, 0.3) is 0 Å². The quantitative estimate of drug-likeness (QED) is 0.917. The van der Waals surface area contributed by atoms with Gasteiger partial charge in [0.2, 0.25) is 0 Å². The molecule has 2 aromatic rings. The second kappa shape index (κ2) is 6.61. The molecule has 0 saturated carbocycles. The maximum atomic E-state index is 11.1. The van der Waals surface area contributed by atoms with E-state index in [9.17, 15) is 4.79 Å². The largest absolute Gasteiger partial charge is 0.457 e. The highest BCUT2D eigenvalue weighted by atomic mass is 16.5. The first-order valence-corrected chi connectivity index (χ1v) is 6.36. The van der Waals surface area contributed by atoms with Gasteiger partial charge in [-0.05, 0) is 36.8 Å². The Balaban J connectivity index is 2.01. The maximum absolute atomic E-state index is 11.1. The number of hydrogen-bond acceptors (Lipinski definition) is 3. The van der Waals surface area contributed by atoms with Crippen LogP contribution in [-0.2, 0) is 4.74 Å².